The summed E-state index contributed by atoms with van der Waals surface area (Å²) < 4.78 is 35.3. The summed E-state index contributed by atoms with van der Waals surface area (Å²) in [6.07, 6.45) is -3.90. The summed E-state index contributed by atoms with van der Waals surface area (Å²) in [7, 11) is 0. The van der Waals surface area contributed by atoms with Gasteiger partial charge in [-0.3, -0.25) is 0 Å². The van der Waals surface area contributed by atoms with E-state index in [4.69, 9.17) is 0 Å². The van der Waals surface area contributed by atoms with Gasteiger partial charge in [0.1, 0.15) is 0 Å². The second-order valence-electron chi connectivity index (χ2n) is 3.38. The molecular formula is C10H14F3NS. The molecule has 1 nitrogen and oxygen atoms in total. The molecule has 5 heteroatoms. The zero-order valence-corrected chi connectivity index (χ0v) is 9.13. The Morgan fingerprint density at radius 1 is 1.27 bits per heavy atom. The molecule has 0 atom stereocenters. The minimum atomic E-state index is -4.01. The maximum atomic E-state index is 11.8. The monoisotopic (exact) mass is 237 g/mol. The highest BCUT2D eigenvalue weighted by Gasteiger charge is 2.25. The lowest BCUT2D eigenvalue weighted by Gasteiger charge is -2.06. The number of unbranched alkanes of at least 4 members (excludes halogenated alkanes) is 1. The Morgan fingerprint density at radius 2 is 2.07 bits per heavy atom. The topological polar surface area (TPSA) is 12.0 Å². The van der Waals surface area contributed by atoms with Crippen molar-refractivity contribution < 1.29 is 13.2 Å². The highest BCUT2D eigenvalue weighted by atomic mass is 32.1. The fourth-order valence-electron chi connectivity index (χ4n) is 1.20. The summed E-state index contributed by atoms with van der Waals surface area (Å²) in [4.78, 5) is 0. The van der Waals surface area contributed by atoms with Crippen molar-refractivity contribution in [2.24, 2.45) is 0 Å². The fourth-order valence-corrected chi connectivity index (χ4v) is 1.87. The third-order valence-corrected chi connectivity index (χ3v) is 2.71. The fraction of sp³-hybridized carbons (Fsp3) is 0.600. The Bertz CT molecular complexity index is 256. The highest BCUT2D eigenvalue weighted by Crippen LogP contribution is 2.21. The third-order valence-electron chi connectivity index (χ3n) is 1.97. The summed E-state index contributed by atoms with van der Waals surface area (Å²) in [5, 5.41) is 7.13. The number of hydrogen-bond donors (Lipinski definition) is 1. The van der Waals surface area contributed by atoms with Crippen LogP contribution in [-0.2, 0) is 6.54 Å². The van der Waals surface area contributed by atoms with Gasteiger partial charge in [-0.2, -0.15) is 24.5 Å². The molecule has 1 heterocycles. The van der Waals surface area contributed by atoms with Gasteiger partial charge in [-0.05, 0) is 41.8 Å². The van der Waals surface area contributed by atoms with E-state index in [1.54, 1.807) is 11.3 Å². The van der Waals surface area contributed by atoms with Crippen LogP contribution in [0.15, 0.2) is 16.8 Å². The van der Waals surface area contributed by atoms with Gasteiger partial charge in [0.2, 0.25) is 0 Å². The molecule has 0 aromatic carbocycles. The molecule has 0 bridgehead atoms. The Morgan fingerprint density at radius 3 is 2.67 bits per heavy atom. The molecular weight excluding hydrogens is 223 g/mol. The molecule has 15 heavy (non-hydrogen) atoms. The first-order valence-electron chi connectivity index (χ1n) is 4.86. The van der Waals surface area contributed by atoms with Crippen LogP contribution in [0.3, 0.4) is 0 Å². The van der Waals surface area contributed by atoms with Gasteiger partial charge in [-0.15, -0.1) is 0 Å². The molecule has 1 aromatic heterocycles. The SMILES string of the molecule is FC(F)(F)CCCCNCc1ccsc1. The van der Waals surface area contributed by atoms with E-state index in [1.165, 1.54) is 5.56 Å². The summed E-state index contributed by atoms with van der Waals surface area (Å²) in [6, 6.07) is 2.01. The van der Waals surface area contributed by atoms with E-state index < -0.39 is 12.6 Å². The average Bonchev–Trinajstić information content (AvgIpc) is 2.61. The van der Waals surface area contributed by atoms with Crippen LogP contribution < -0.4 is 5.32 Å². The van der Waals surface area contributed by atoms with Crippen LogP contribution in [0.1, 0.15) is 24.8 Å². The number of thiophene rings is 1. The van der Waals surface area contributed by atoms with Crippen molar-refractivity contribution in [3.8, 4) is 0 Å². The first-order valence-corrected chi connectivity index (χ1v) is 5.81. The molecule has 0 aliphatic heterocycles. The van der Waals surface area contributed by atoms with Crippen LogP contribution in [-0.4, -0.2) is 12.7 Å². The first-order chi connectivity index (χ1) is 7.08. The van der Waals surface area contributed by atoms with Crippen LogP contribution in [0, 0.1) is 0 Å². The Labute approximate surface area is 91.3 Å². The molecule has 0 aliphatic rings. The van der Waals surface area contributed by atoms with Crippen molar-refractivity contribution in [2.75, 3.05) is 6.54 Å². The third kappa shape index (κ3) is 6.52. The van der Waals surface area contributed by atoms with Crippen molar-refractivity contribution in [1.29, 1.82) is 0 Å². The van der Waals surface area contributed by atoms with Gasteiger partial charge in [0.05, 0.1) is 0 Å². The minimum Gasteiger partial charge on any atom is -0.313 e. The summed E-state index contributed by atoms with van der Waals surface area (Å²) in [5.41, 5.74) is 1.19. The maximum Gasteiger partial charge on any atom is 0.389 e. The van der Waals surface area contributed by atoms with Crippen molar-refractivity contribution in [3.05, 3.63) is 22.4 Å². The molecule has 1 aromatic rings. The lowest BCUT2D eigenvalue weighted by molar-refractivity contribution is -0.135. The van der Waals surface area contributed by atoms with Gasteiger partial charge in [0.15, 0.2) is 0 Å². The van der Waals surface area contributed by atoms with Crippen LogP contribution in [0.4, 0.5) is 13.2 Å². The number of hydrogen-bond acceptors (Lipinski definition) is 2. The predicted octanol–water partition coefficient (Wildman–Crippen LogP) is 3.57. The first kappa shape index (κ1) is 12.5. The van der Waals surface area contributed by atoms with Gasteiger partial charge in [0, 0.05) is 13.0 Å². The second kappa shape index (κ2) is 6.12. The van der Waals surface area contributed by atoms with Crippen molar-refractivity contribution >= 4 is 11.3 Å². The zero-order valence-electron chi connectivity index (χ0n) is 8.31. The molecule has 0 saturated carbocycles. The minimum absolute atomic E-state index is 0.208. The quantitative estimate of drug-likeness (QED) is 0.746. The lowest BCUT2D eigenvalue weighted by Crippen LogP contribution is -2.15. The molecule has 86 valence electrons. The molecule has 0 saturated heterocycles. The molecule has 0 aliphatic carbocycles. The van der Waals surface area contributed by atoms with Gasteiger partial charge in [-0.25, -0.2) is 0 Å². The van der Waals surface area contributed by atoms with Gasteiger partial charge in [-0.1, -0.05) is 0 Å². The Balaban J connectivity index is 1.94. The van der Waals surface area contributed by atoms with Crippen molar-refractivity contribution in [3.63, 3.8) is 0 Å². The van der Waals surface area contributed by atoms with E-state index in [0.717, 1.165) is 6.54 Å². The van der Waals surface area contributed by atoms with E-state index in [9.17, 15) is 13.2 Å². The smallest absolute Gasteiger partial charge is 0.313 e. The number of halogens is 3. The van der Waals surface area contributed by atoms with Crippen LogP contribution in [0.5, 0.6) is 0 Å². The van der Waals surface area contributed by atoms with Crippen molar-refractivity contribution in [2.45, 2.75) is 32.0 Å². The Hall–Kier alpha value is -0.550. The number of rotatable bonds is 6. The largest absolute Gasteiger partial charge is 0.389 e. The normalized spacial score (nSPS) is 11.9. The van der Waals surface area contributed by atoms with Crippen LogP contribution in [0.2, 0.25) is 0 Å². The van der Waals surface area contributed by atoms with Crippen LogP contribution in [0.25, 0.3) is 0 Å². The number of alkyl halides is 3. The molecule has 0 unspecified atom stereocenters. The second-order valence-corrected chi connectivity index (χ2v) is 4.16. The van der Waals surface area contributed by atoms with E-state index in [2.05, 4.69) is 5.32 Å². The summed E-state index contributed by atoms with van der Waals surface area (Å²) >= 11 is 1.62. The Kier molecular flexibility index (Phi) is 5.11. The summed E-state index contributed by atoms with van der Waals surface area (Å²) in [5.74, 6) is 0. The molecule has 0 radical (unpaired) electrons. The standard InChI is InChI=1S/C10H14F3NS/c11-10(12,13)4-1-2-5-14-7-9-3-6-15-8-9/h3,6,8,14H,1-2,4-5,7H2. The average molecular weight is 237 g/mol. The van der Waals surface area contributed by atoms with E-state index in [0.29, 0.717) is 13.0 Å². The molecule has 0 spiro atoms. The van der Waals surface area contributed by atoms with Gasteiger partial charge in [0.25, 0.3) is 0 Å². The van der Waals surface area contributed by atoms with Gasteiger partial charge >= 0.3 is 6.18 Å². The maximum absolute atomic E-state index is 11.8. The van der Waals surface area contributed by atoms with Crippen molar-refractivity contribution in [1.82, 2.24) is 5.32 Å². The molecule has 0 amide bonds. The highest BCUT2D eigenvalue weighted by molar-refractivity contribution is 7.07. The summed E-state index contributed by atoms with van der Waals surface area (Å²) in [6.45, 7) is 1.39. The molecule has 1 rings (SSSR count). The van der Waals surface area contributed by atoms with E-state index in [1.807, 2.05) is 16.8 Å². The van der Waals surface area contributed by atoms with Gasteiger partial charge < -0.3 is 5.32 Å². The zero-order chi connectivity index (χ0) is 11.1. The van der Waals surface area contributed by atoms with E-state index >= 15 is 0 Å². The van der Waals surface area contributed by atoms with E-state index in [-0.39, 0.29) is 6.42 Å². The number of nitrogens with one attached hydrogen (secondary N) is 1. The molecule has 0 fully saturated rings. The predicted molar refractivity (Wildman–Crippen MR) is 55.9 cm³/mol. The molecule has 1 N–H and O–H groups in total. The van der Waals surface area contributed by atoms with Crippen LogP contribution >= 0.6 is 11.3 Å². The lowest BCUT2D eigenvalue weighted by atomic mass is 10.2.